The SMILES string of the molecule is Cc1cc([O-])ccc1N=Nc1ccc(Nc2ccc(S(=O)(=O)[O-])cc2[N+](=O)[O-])cc1.[Na+].[Na+]. The molecule has 0 radical (unpaired) electrons. The Labute approximate surface area is 228 Å². The number of nitro groups is 1. The van der Waals surface area contributed by atoms with Crippen LogP contribution in [0, 0.1) is 17.0 Å². The van der Waals surface area contributed by atoms with Crippen LogP contribution in [-0.2, 0) is 10.1 Å². The number of anilines is 2. The second-order valence-electron chi connectivity index (χ2n) is 6.21. The van der Waals surface area contributed by atoms with Crippen LogP contribution >= 0.6 is 0 Å². The zero-order chi connectivity index (χ0) is 21.9. The van der Waals surface area contributed by atoms with Crippen molar-refractivity contribution in [3.05, 3.63) is 76.3 Å². The van der Waals surface area contributed by atoms with Gasteiger partial charge in [-0.1, -0.05) is 12.1 Å². The van der Waals surface area contributed by atoms with E-state index in [1.54, 1.807) is 37.3 Å². The molecule has 0 saturated heterocycles. The third kappa shape index (κ3) is 7.36. The van der Waals surface area contributed by atoms with Gasteiger partial charge in [0.1, 0.15) is 15.8 Å². The maximum atomic E-state index is 11.3. The Morgan fingerprint density at radius 3 is 2.16 bits per heavy atom. The Balaban J connectivity index is 0.00000256. The molecule has 0 fully saturated rings. The minimum Gasteiger partial charge on any atom is -0.872 e. The Morgan fingerprint density at radius 2 is 1.59 bits per heavy atom. The van der Waals surface area contributed by atoms with Crippen molar-refractivity contribution in [3.8, 4) is 5.75 Å². The van der Waals surface area contributed by atoms with Crippen LogP contribution in [-0.4, -0.2) is 17.9 Å². The summed E-state index contributed by atoms with van der Waals surface area (Å²) in [6.45, 7) is 1.75. The van der Waals surface area contributed by atoms with Crippen LogP contribution in [0.2, 0.25) is 0 Å². The van der Waals surface area contributed by atoms with Gasteiger partial charge in [0, 0.05) is 11.8 Å². The fourth-order valence-corrected chi connectivity index (χ4v) is 3.03. The number of nitrogens with zero attached hydrogens (tertiary/aromatic N) is 3. The van der Waals surface area contributed by atoms with E-state index in [2.05, 4.69) is 15.5 Å². The van der Waals surface area contributed by atoms with Gasteiger partial charge in [-0.3, -0.25) is 10.1 Å². The summed E-state index contributed by atoms with van der Waals surface area (Å²) in [5, 5.41) is 33.5. The van der Waals surface area contributed by atoms with Crippen molar-refractivity contribution in [2.45, 2.75) is 11.8 Å². The molecule has 13 heteroatoms. The molecule has 154 valence electrons. The molecule has 0 aliphatic rings. The molecule has 3 aromatic carbocycles. The summed E-state index contributed by atoms with van der Waals surface area (Å²) in [6.07, 6.45) is 0. The van der Waals surface area contributed by atoms with E-state index in [1.165, 1.54) is 12.1 Å². The first-order valence-electron chi connectivity index (χ1n) is 8.44. The monoisotopic (exact) mass is 472 g/mol. The van der Waals surface area contributed by atoms with Gasteiger partial charge in [-0.05, 0) is 55.0 Å². The van der Waals surface area contributed by atoms with Gasteiger partial charge in [0.05, 0.1) is 21.2 Å². The molecule has 1 N–H and O–H groups in total. The molecule has 0 amide bonds. The molecule has 0 aromatic heterocycles. The summed E-state index contributed by atoms with van der Waals surface area (Å²) in [7, 11) is -4.81. The molecule has 0 spiro atoms. The molecule has 0 atom stereocenters. The van der Waals surface area contributed by atoms with Gasteiger partial charge in [0.15, 0.2) is 0 Å². The molecule has 0 saturated carbocycles. The number of azo groups is 1. The number of benzene rings is 3. The molecule has 32 heavy (non-hydrogen) atoms. The second-order valence-corrected chi connectivity index (χ2v) is 7.59. The summed E-state index contributed by atoms with van der Waals surface area (Å²) in [5.74, 6) is -0.114. The summed E-state index contributed by atoms with van der Waals surface area (Å²) in [5.41, 5.74) is 1.71. The Kier molecular flexibility index (Phi) is 10.5. The van der Waals surface area contributed by atoms with E-state index in [1.807, 2.05) is 0 Å². The Morgan fingerprint density at radius 1 is 0.938 bits per heavy atom. The van der Waals surface area contributed by atoms with Gasteiger partial charge in [0.25, 0.3) is 5.69 Å². The Bertz CT molecular complexity index is 1250. The van der Waals surface area contributed by atoms with Gasteiger partial charge < -0.3 is 15.0 Å². The molecule has 0 bridgehead atoms. The van der Waals surface area contributed by atoms with Gasteiger partial charge in [-0.15, -0.1) is 5.75 Å². The summed E-state index contributed by atoms with van der Waals surface area (Å²) >= 11 is 0. The summed E-state index contributed by atoms with van der Waals surface area (Å²) < 4.78 is 33.2. The quantitative estimate of drug-likeness (QED) is 0.143. The maximum absolute atomic E-state index is 11.3. The number of hydrogen-bond acceptors (Lipinski definition) is 9. The molecule has 3 aromatic rings. The standard InChI is InChI=1S/C19H16N4O6S.2Na/c1-12-10-15(24)6-8-17(12)22-21-14-4-2-13(3-5-14)20-18-9-7-16(30(27,28)29)11-19(18)23(25)26;;/h2-11,20,24H,1H3,(H,27,28,29);;/q;2*+1/p-2. The Hall–Kier alpha value is -1.83. The first-order chi connectivity index (χ1) is 14.1. The maximum Gasteiger partial charge on any atom is 1.00 e. The van der Waals surface area contributed by atoms with Crippen LogP contribution in [0.3, 0.4) is 0 Å². The van der Waals surface area contributed by atoms with Gasteiger partial charge in [-0.25, -0.2) is 8.42 Å². The molecule has 3 rings (SSSR count). The molecule has 10 nitrogen and oxygen atoms in total. The van der Waals surface area contributed by atoms with Gasteiger partial charge in [0.2, 0.25) is 0 Å². The van der Waals surface area contributed by atoms with E-state index < -0.39 is 25.6 Å². The number of hydrogen-bond donors (Lipinski definition) is 1. The fraction of sp³-hybridized carbons (Fsp3) is 0.0526. The molecule has 0 aliphatic carbocycles. The van der Waals surface area contributed by atoms with Gasteiger partial charge >= 0.3 is 59.1 Å². The number of aryl methyl sites for hydroxylation is 1. The fourth-order valence-electron chi connectivity index (χ4n) is 2.54. The van der Waals surface area contributed by atoms with E-state index >= 15 is 0 Å². The number of nitrogens with one attached hydrogen (secondary N) is 1. The van der Waals surface area contributed by atoms with Crippen molar-refractivity contribution in [1.82, 2.24) is 0 Å². The average molecular weight is 472 g/mol. The normalized spacial score (nSPS) is 10.8. The first-order valence-corrected chi connectivity index (χ1v) is 9.85. The van der Waals surface area contributed by atoms with Crippen molar-refractivity contribution < 1.29 is 82.1 Å². The predicted molar refractivity (Wildman–Crippen MR) is 106 cm³/mol. The number of nitro benzene ring substituents is 1. The van der Waals surface area contributed by atoms with Crippen molar-refractivity contribution in [1.29, 1.82) is 0 Å². The second kappa shape index (κ2) is 11.9. The molecule has 0 heterocycles. The molecular weight excluding hydrogens is 458 g/mol. The number of rotatable bonds is 6. The molecule has 0 aliphatic heterocycles. The summed E-state index contributed by atoms with van der Waals surface area (Å²) in [4.78, 5) is 9.77. The van der Waals surface area contributed by atoms with Crippen molar-refractivity contribution in [3.63, 3.8) is 0 Å². The van der Waals surface area contributed by atoms with E-state index in [4.69, 9.17) is 0 Å². The van der Waals surface area contributed by atoms with Gasteiger partial charge in [-0.2, -0.15) is 10.2 Å². The van der Waals surface area contributed by atoms with Crippen LogP contribution in [0.15, 0.2) is 75.8 Å². The molecule has 0 unspecified atom stereocenters. The van der Waals surface area contributed by atoms with E-state index in [0.29, 0.717) is 28.7 Å². The van der Waals surface area contributed by atoms with E-state index in [0.717, 1.165) is 12.1 Å². The van der Waals surface area contributed by atoms with Crippen LogP contribution < -0.4 is 69.5 Å². The topological polar surface area (TPSA) is 160 Å². The van der Waals surface area contributed by atoms with Crippen molar-refractivity contribution in [2.24, 2.45) is 10.2 Å². The predicted octanol–water partition coefficient (Wildman–Crippen LogP) is -1.95. The smallest absolute Gasteiger partial charge is 0.872 e. The third-order valence-electron chi connectivity index (χ3n) is 4.04. The van der Waals surface area contributed by atoms with Crippen LogP contribution in [0.1, 0.15) is 5.56 Å². The largest absolute Gasteiger partial charge is 1.00 e. The van der Waals surface area contributed by atoms with Crippen molar-refractivity contribution in [2.75, 3.05) is 5.32 Å². The van der Waals surface area contributed by atoms with Crippen LogP contribution in [0.4, 0.5) is 28.4 Å². The minimum atomic E-state index is -4.81. The minimum absolute atomic E-state index is 0. The van der Waals surface area contributed by atoms with Crippen molar-refractivity contribution >= 4 is 38.6 Å². The third-order valence-corrected chi connectivity index (χ3v) is 4.87. The zero-order valence-corrected chi connectivity index (χ0v) is 22.3. The summed E-state index contributed by atoms with van der Waals surface area (Å²) in [6, 6.07) is 13.7. The van der Waals surface area contributed by atoms with E-state index in [-0.39, 0.29) is 70.6 Å². The van der Waals surface area contributed by atoms with Crippen LogP contribution in [0.25, 0.3) is 0 Å². The van der Waals surface area contributed by atoms with Crippen LogP contribution in [0.5, 0.6) is 5.75 Å². The zero-order valence-electron chi connectivity index (χ0n) is 17.5. The van der Waals surface area contributed by atoms with E-state index in [9.17, 15) is 28.2 Å². The first kappa shape index (κ1) is 28.2. The average Bonchev–Trinajstić information content (AvgIpc) is 2.68. The molecular formula is C19H14N4Na2O6S.